The fourth-order valence-electron chi connectivity index (χ4n) is 5.32. The molecule has 34 heavy (non-hydrogen) atoms. The molecule has 1 saturated heterocycles. The molecule has 2 atom stereocenters. The van der Waals surface area contributed by atoms with E-state index in [4.69, 9.17) is 9.47 Å². The Kier molecular flexibility index (Phi) is 6.42. The van der Waals surface area contributed by atoms with Gasteiger partial charge < -0.3 is 19.5 Å². The molecule has 2 aromatic rings. The zero-order valence-corrected chi connectivity index (χ0v) is 19.9. The van der Waals surface area contributed by atoms with Gasteiger partial charge in [0.1, 0.15) is 12.7 Å². The average molecular weight is 465 g/mol. The lowest BCUT2D eigenvalue weighted by Gasteiger charge is -2.36. The molecule has 2 unspecified atom stereocenters. The number of cyclic esters (lactones) is 2. The van der Waals surface area contributed by atoms with E-state index in [0.29, 0.717) is 24.3 Å². The molecule has 7 heteroatoms. The molecule has 1 fully saturated rings. The van der Waals surface area contributed by atoms with E-state index in [1.807, 2.05) is 32.0 Å². The normalized spacial score (nSPS) is 21.6. The number of hydrogen-bond acceptors (Lipinski definition) is 7. The molecule has 2 aromatic carbocycles. The number of piperazine rings is 1. The first-order valence-corrected chi connectivity index (χ1v) is 12.1. The van der Waals surface area contributed by atoms with Crippen molar-refractivity contribution < 1.29 is 24.2 Å². The number of fused-ring (bicyclic) bond motifs is 2. The standard InChI is InChI=1S/C27H32N2O5/c1-17-13-20-14-19(3-4-22(20)27(32)34-17)7-8-28-9-11-29(12-10-28)15-25(30)21-5-6-23-24(18(21)2)16-33-26(23)31/h3-6,14,17,25,30H,7-13,15-16H2,1-2H3. The van der Waals surface area contributed by atoms with Gasteiger partial charge in [-0.2, -0.15) is 0 Å². The van der Waals surface area contributed by atoms with Gasteiger partial charge in [0, 0.05) is 51.3 Å². The number of carbonyl (C=O) groups excluding carboxylic acids is 2. The Bertz CT molecular complexity index is 1110. The summed E-state index contributed by atoms with van der Waals surface area (Å²) in [5.74, 6) is -0.488. The van der Waals surface area contributed by atoms with Crippen molar-refractivity contribution in [1.29, 1.82) is 0 Å². The van der Waals surface area contributed by atoms with Crippen molar-refractivity contribution >= 4 is 11.9 Å². The van der Waals surface area contributed by atoms with Crippen LogP contribution in [0.1, 0.15) is 61.6 Å². The Morgan fingerprint density at radius 2 is 1.76 bits per heavy atom. The summed E-state index contributed by atoms with van der Waals surface area (Å²) in [5.41, 5.74) is 6.42. The van der Waals surface area contributed by atoms with E-state index in [0.717, 1.165) is 67.8 Å². The monoisotopic (exact) mass is 464 g/mol. The molecular formula is C27H32N2O5. The second-order valence-corrected chi connectivity index (χ2v) is 9.70. The largest absolute Gasteiger partial charge is 0.459 e. The minimum Gasteiger partial charge on any atom is -0.459 e. The first-order chi connectivity index (χ1) is 16.4. The third kappa shape index (κ3) is 4.60. The van der Waals surface area contributed by atoms with Gasteiger partial charge in [-0.15, -0.1) is 0 Å². The van der Waals surface area contributed by atoms with Gasteiger partial charge in [0.15, 0.2) is 0 Å². The van der Waals surface area contributed by atoms with Gasteiger partial charge in [0.25, 0.3) is 0 Å². The molecule has 0 radical (unpaired) electrons. The highest BCUT2D eigenvalue weighted by Gasteiger charge is 2.27. The van der Waals surface area contributed by atoms with Crippen LogP contribution in [0.5, 0.6) is 0 Å². The number of hydrogen-bond donors (Lipinski definition) is 1. The molecule has 0 aliphatic carbocycles. The lowest BCUT2D eigenvalue weighted by molar-refractivity contribution is 0.0301. The summed E-state index contributed by atoms with van der Waals surface area (Å²) in [6, 6.07) is 9.75. The lowest BCUT2D eigenvalue weighted by atomic mass is 9.95. The van der Waals surface area contributed by atoms with Crippen LogP contribution in [-0.4, -0.2) is 72.2 Å². The van der Waals surface area contributed by atoms with Crippen LogP contribution in [0, 0.1) is 6.92 Å². The Hall–Kier alpha value is -2.74. The fraction of sp³-hybridized carbons (Fsp3) is 0.481. The highest BCUT2D eigenvalue weighted by molar-refractivity contribution is 5.94. The second-order valence-electron chi connectivity index (χ2n) is 9.70. The minimum atomic E-state index is -0.586. The zero-order chi connectivity index (χ0) is 23.8. The molecule has 0 bridgehead atoms. The molecule has 0 amide bonds. The number of benzene rings is 2. The first-order valence-electron chi connectivity index (χ1n) is 12.1. The Balaban J connectivity index is 1.12. The van der Waals surface area contributed by atoms with Crippen molar-refractivity contribution in [3.63, 3.8) is 0 Å². The molecule has 0 aromatic heterocycles. The Morgan fingerprint density at radius 3 is 2.56 bits per heavy atom. The number of nitrogens with zero attached hydrogens (tertiary/aromatic N) is 2. The van der Waals surface area contributed by atoms with Gasteiger partial charge in [-0.3, -0.25) is 4.90 Å². The summed E-state index contributed by atoms with van der Waals surface area (Å²) in [6.07, 6.45) is 1.09. The second kappa shape index (κ2) is 9.49. The first kappa shape index (κ1) is 23.0. The van der Waals surface area contributed by atoms with E-state index in [9.17, 15) is 14.7 Å². The molecule has 3 aliphatic rings. The Labute approximate surface area is 200 Å². The van der Waals surface area contributed by atoms with Crippen molar-refractivity contribution in [2.45, 2.75) is 45.5 Å². The molecular weight excluding hydrogens is 432 g/mol. The number of ether oxygens (including phenoxy) is 2. The van der Waals surface area contributed by atoms with Crippen molar-refractivity contribution in [3.05, 3.63) is 69.3 Å². The van der Waals surface area contributed by atoms with Crippen LogP contribution in [-0.2, 0) is 28.9 Å². The SMILES string of the molecule is Cc1c(C(O)CN2CCN(CCc3ccc4c(c3)CC(C)OC4=O)CC2)ccc2c1COC2=O. The summed E-state index contributed by atoms with van der Waals surface area (Å²) in [5, 5.41) is 10.9. The number of carbonyl (C=O) groups is 2. The predicted molar refractivity (Wildman–Crippen MR) is 127 cm³/mol. The molecule has 0 spiro atoms. The molecule has 5 rings (SSSR count). The van der Waals surface area contributed by atoms with Crippen molar-refractivity contribution in [2.24, 2.45) is 0 Å². The van der Waals surface area contributed by atoms with Gasteiger partial charge in [-0.05, 0) is 54.7 Å². The van der Waals surface area contributed by atoms with E-state index < -0.39 is 6.10 Å². The summed E-state index contributed by atoms with van der Waals surface area (Å²) in [6.45, 7) is 9.51. The Morgan fingerprint density at radius 1 is 1.03 bits per heavy atom. The molecule has 1 N–H and O–H groups in total. The summed E-state index contributed by atoms with van der Waals surface area (Å²) in [4.78, 5) is 28.6. The summed E-state index contributed by atoms with van der Waals surface area (Å²) < 4.78 is 10.5. The smallest absolute Gasteiger partial charge is 0.338 e. The van der Waals surface area contributed by atoms with E-state index >= 15 is 0 Å². The average Bonchev–Trinajstić information content (AvgIpc) is 3.20. The molecule has 3 heterocycles. The van der Waals surface area contributed by atoms with Gasteiger partial charge in [0.2, 0.25) is 0 Å². The van der Waals surface area contributed by atoms with Gasteiger partial charge in [-0.1, -0.05) is 18.2 Å². The minimum absolute atomic E-state index is 0.0601. The fourth-order valence-corrected chi connectivity index (χ4v) is 5.32. The summed E-state index contributed by atoms with van der Waals surface area (Å²) in [7, 11) is 0. The highest BCUT2D eigenvalue weighted by Crippen LogP contribution is 2.29. The van der Waals surface area contributed by atoms with Crippen molar-refractivity contribution in [1.82, 2.24) is 9.80 Å². The topological polar surface area (TPSA) is 79.3 Å². The van der Waals surface area contributed by atoms with E-state index in [1.165, 1.54) is 5.56 Å². The number of rotatable bonds is 6. The maximum absolute atomic E-state index is 12.0. The highest BCUT2D eigenvalue weighted by atomic mass is 16.5. The van der Waals surface area contributed by atoms with Crippen molar-refractivity contribution in [2.75, 3.05) is 39.3 Å². The molecule has 0 saturated carbocycles. The van der Waals surface area contributed by atoms with Gasteiger partial charge in [-0.25, -0.2) is 9.59 Å². The maximum atomic E-state index is 12.0. The quantitative estimate of drug-likeness (QED) is 0.659. The van der Waals surface area contributed by atoms with Crippen LogP contribution in [0.4, 0.5) is 0 Å². The van der Waals surface area contributed by atoms with Gasteiger partial charge >= 0.3 is 11.9 Å². The number of aliphatic hydroxyl groups is 1. The van der Waals surface area contributed by atoms with E-state index in [-0.39, 0.29) is 18.0 Å². The molecule has 3 aliphatic heterocycles. The number of aliphatic hydroxyl groups excluding tert-OH is 1. The van der Waals surface area contributed by atoms with Crippen LogP contribution in [0.25, 0.3) is 0 Å². The number of esters is 2. The van der Waals surface area contributed by atoms with E-state index in [1.54, 1.807) is 6.07 Å². The lowest BCUT2D eigenvalue weighted by Crippen LogP contribution is -2.48. The van der Waals surface area contributed by atoms with Crippen LogP contribution in [0.2, 0.25) is 0 Å². The van der Waals surface area contributed by atoms with Gasteiger partial charge in [0.05, 0.1) is 17.2 Å². The van der Waals surface area contributed by atoms with Crippen LogP contribution in [0.3, 0.4) is 0 Å². The van der Waals surface area contributed by atoms with Crippen LogP contribution in [0.15, 0.2) is 30.3 Å². The zero-order valence-electron chi connectivity index (χ0n) is 19.9. The van der Waals surface area contributed by atoms with Crippen LogP contribution >= 0.6 is 0 Å². The predicted octanol–water partition coefficient (Wildman–Crippen LogP) is 2.66. The molecule has 7 nitrogen and oxygen atoms in total. The maximum Gasteiger partial charge on any atom is 0.338 e. The van der Waals surface area contributed by atoms with Crippen molar-refractivity contribution in [3.8, 4) is 0 Å². The third-order valence-electron chi connectivity index (χ3n) is 7.38. The molecule has 180 valence electrons. The van der Waals surface area contributed by atoms with E-state index in [2.05, 4.69) is 15.9 Å². The number of β-amino-alcohol motifs (C(OH)–C–C–N with tert-alkyl or cyclic N) is 1. The van der Waals surface area contributed by atoms with Crippen LogP contribution < -0.4 is 0 Å². The summed E-state index contributed by atoms with van der Waals surface area (Å²) >= 11 is 0. The third-order valence-corrected chi connectivity index (χ3v) is 7.38.